The van der Waals surface area contributed by atoms with Crippen molar-refractivity contribution < 1.29 is 0 Å². The first-order valence-electron chi connectivity index (χ1n) is 5.80. The van der Waals surface area contributed by atoms with Gasteiger partial charge in [-0.1, -0.05) is 44.5 Å². The van der Waals surface area contributed by atoms with E-state index in [-0.39, 0.29) is 5.41 Å². The lowest BCUT2D eigenvalue weighted by atomic mass is 9.85. The van der Waals surface area contributed by atoms with Crippen LogP contribution in [-0.4, -0.2) is 7.05 Å². The third-order valence-corrected chi connectivity index (χ3v) is 4.49. The predicted molar refractivity (Wildman–Crippen MR) is 78.3 cm³/mol. The van der Waals surface area contributed by atoms with Crippen molar-refractivity contribution in [1.82, 2.24) is 5.32 Å². The van der Waals surface area contributed by atoms with Crippen molar-refractivity contribution in [2.24, 2.45) is 0 Å². The quantitative estimate of drug-likeness (QED) is 0.840. The second kappa shape index (κ2) is 4.60. The zero-order valence-electron chi connectivity index (χ0n) is 10.7. The van der Waals surface area contributed by atoms with E-state index in [1.807, 2.05) is 30.5 Å². The lowest BCUT2D eigenvalue weighted by Crippen LogP contribution is -2.15. The Labute approximate surface area is 112 Å². The van der Waals surface area contributed by atoms with Crippen LogP contribution in [0.2, 0.25) is 5.02 Å². The summed E-state index contributed by atoms with van der Waals surface area (Å²) >= 11 is 8.09. The summed E-state index contributed by atoms with van der Waals surface area (Å²) in [7, 11) is 1.98. The topological polar surface area (TPSA) is 12.0 Å². The zero-order valence-corrected chi connectivity index (χ0v) is 12.3. The van der Waals surface area contributed by atoms with Gasteiger partial charge in [0.25, 0.3) is 0 Å². The van der Waals surface area contributed by atoms with Gasteiger partial charge in [0.2, 0.25) is 0 Å². The van der Waals surface area contributed by atoms with E-state index in [2.05, 4.69) is 32.2 Å². The highest BCUT2D eigenvalue weighted by Gasteiger charge is 2.23. The maximum atomic E-state index is 6.28. The fourth-order valence-electron chi connectivity index (χ4n) is 2.24. The van der Waals surface area contributed by atoms with Gasteiger partial charge in [-0.3, -0.25) is 0 Å². The van der Waals surface area contributed by atoms with Crippen molar-refractivity contribution in [3.05, 3.63) is 33.7 Å². The van der Waals surface area contributed by atoms with Crippen molar-refractivity contribution in [3.8, 4) is 0 Å². The molecule has 0 unspecified atom stereocenters. The Morgan fingerprint density at radius 2 is 2.00 bits per heavy atom. The lowest BCUT2D eigenvalue weighted by molar-refractivity contribution is 0.588. The standard InChI is InChI=1S/C14H18ClNS/c1-14(2,3)12-9-6-5-7-10(15)13(9)17-11(12)8-16-4/h5-7,16H,8H2,1-4H3. The molecule has 0 radical (unpaired) electrons. The van der Waals surface area contributed by atoms with E-state index in [1.165, 1.54) is 20.5 Å². The third-order valence-electron chi connectivity index (χ3n) is 2.83. The van der Waals surface area contributed by atoms with Crippen LogP contribution in [0.5, 0.6) is 0 Å². The summed E-state index contributed by atoms with van der Waals surface area (Å²) in [6.07, 6.45) is 0. The van der Waals surface area contributed by atoms with Gasteiger partial charge in [-0.25, -0.2) is 0 Å². The van der Waals surface area contributed by atoms with Gasteiger partial charge in [0.15, 0.2) is 0 Å². The molecule has 0 amide bonds. The molecular weight excluding hydrogens is 250 g/mol. The minimum atomic E-state index is 0.148. The molecule has 0 saturated heterocycles. The highest BCUT2D eigenvalue weighted by molar-refractivity contribution is 7.20. The minimum Gasteiger partial charge on any atom is -0.315 e. The fourth-order valence-corrected chi connectivity index (χ4v) is 3.96. The number of hydrogen-bond acceptors (Lipinski definition) is 2. The van der Waals surface area contributed by atoms with E-state index in [4.69, 9.17) is 11.6 Å². The smallest absolute Gasteiger partial charge is 0.0584 e. The molecule has 0 saturated carbocycles. The van der Waals surface area contributed by atoms with Gasteiger partial charge in [0, 0.05) is 11.4 Å². The van der Waals surface area contributed by atoms with Gasteiger partial charge < -0.3 is 5.32 Å². The van der Waals surface area contributed by atoms with Gasteiger partial charge in [0.05, 0.1) is 9.72 Å². The minimum absolute atomic E-state index is 0.148. The zero-order chi connectivity index (χ0) is 12.6. The highest BCUT2D eigenvalue weighted by atomic mass is 35.5. The molecular formula is C14H18ClNS. The van der Waals surface area contributed by atoms with E-state index in [0.717, 1.165) is 11.6 Å². The molecule has 0 aliphatic rings. The second-order valence-electron chi connectivity index (χ2n) is 5.30. The average molecular weight is 268 g/mol. The first-order chi connectivity index (χ1) is 7.95. The SMILES string of the molecule is CNCc1sc2c(Cl)cccc2c1C(C)(C)C. The van der Waals surface area contributed by atoms with Crippen LogP contribution in [0.15, 0.2) is 18.2 Å². The Kier molecular flexibility index (Phi) is 3.48. The molecule has 1 aromatic carbocycles. The van der Waals surface area contributed by atoms with Crippen LogP contribution in [0.4, 0.5) is 0 Å². The maximum absolute atomic E-state index is 6.28. The molecule has 1 aromatic heterocycles. The first kappa shape index (κ1) is 12.9. The summed E-state index contributed by atoms with van der Waals surface area (Å²) in [5.41, 5.74) is 1.57. The van der Waals surface area contributed by atoms with Crippen LogP contribution in [0.25, 0.3) is 10.1 Å². The lowest BCUT2D eigenvalue weighted by Gasteiger charge is -2.20. The van der Waals surface area contributed by atoms with Crippen LogP contribution in [0, 0.1) is 0 Å². The summed E-state index contributed by atoms with van der Waals surface area (Å²) < 4.78 is 1.21. The van der Waals surface area contributed by atoms with Crippen molar-refractivity contribution in [2.45, 2.75) is 32.7 Å². The molecule has 0 aliphatic carbocycles. The van der Waals surface area contributed by atoms with Gasteiger partial charge in [-0.15, -0.1) is 11.3 Å². The Balaban J connectivity index is 2.76. The fraction of sp³-hybridized carbons (Fsp3) is 0.429. The molecule has 0 atom stereocenters. The van der Waals surface area contributed by atoms with E-state index in [1.54, 1.807) is 0 Å². The van der Waals surface area contributed by atoms with Crippen molar-refractivity contribution in [2.75, 3.05) is 7.05 Å². The first-order valence-corrected chi connectivity index (χ1v) is 6.99. The number of benzene rings is 1. The molecule has 0 spiro atoms. The van der Waals surface area contributed by atoms with Crippen molar-refractivity contribution in [3.63, 3.8) is 0 Å². The maximum Gasteiger partial charge on any atom is 0.0584 e. The molecule has 17 heavy (non-hydrogen) atoms. The molecule has 0 aliphatic heterocycles. The summed E-state index contributed by atoms with van der Waals surface area (Å²) in [6, 6.07) is 6.18. The number of rotatable bonds is 2. The van der Waals surface area contributed by atoms with Gasteiger partial charge in [-0.2, -0.15) is 0 Å². The monoisotopic (exact) mass is 267 g/mol. The van der Waals surface area contributed by atoms with Gasteiger partial charge >= 0.3 is 0 Å². The largest absolute Gasteiger partial charge is 0.315 e. The van der Waals surface area contributed by atoms with Crippen molar-refractivity contribution in [1.29, 1.82) is 0 Å². The number of thiophene rings is 1. The van der Waals surface area contributed by atoms with E-state index in [9.17, 15) is 0 Å². The number of hydrogen-bond donors (Lipinski definition) is 1. The van der Waals surface area contributed by atoms with Crippen LogP contribution in [-0.2, 0) is 12.0 Å². The van der Waals surface area contributed by atoms with Gasteiger partial charge in [-0.05, 0) is 29.5 Å². The van der Waals surface area contributed by atoms with Gasteiger partial charge in [0.1, 0.15) is 0 Å². The summed E-state index contributed by atoms with van der Waals surface area (Å²) in [5.74, 6) is 0. The van der Waals surface area contributed by atoms with E-state index >= 15 is 0 Å². The molecule has 92 valence electrons. The van der Waals surface area contributed by atoms with Crippen LogP contribution in [0.1, 0.15) is 31.2 Å². The molecule has 0 bridgehead atoms. The van der Waals surface area contributed by atoms with E-state index in [0.29, 0.717) is 0 Å². The molecule has 1 heterocycles. The molecule has 2 aromatic rings. The molecule has 1 nitrogen and oxygen atoms in total. The average Bonchev–Trinajstić information content (AvgIpc) is 2.57. The Bertz CT molecular complexity index is 537. The van der Waals surface area contributed by atoms with Crippen LogP contribution in [0.3, 0.4) is 0 Å². The Morgan fingerprint density at radius 3 is 2.59 bits per heavy atom. The van der Waals surface area contributed by atoms with Crippen LogP contribution < -0.4 is 5.32 Å². The summed E-state index contributed by atoms with van der Waals surface area (Å²) in [5, 5.41) is 5.41. The predicted octanol–water partition coefficient (Wildman–Crippen LogP) is 4.57. The summed E-state index contributed by atoms with van der Waals surface area (Å²) in [4.78, 5) is 1.39. The molecule has 2 rings (SSSR count). The third kappa shape index (κ3) is 2.35. The number of nitrogens with one attached hydrogen (secondary N) is 1. The highest BCUT2D eigenvalue weighted by Crippen LogP contribution is 2.41. The second-order valence-corrected chi connectivity index (χ2v) is 6.81. The van der Waals surface area contributed by atoms with Crippen molar-refractivity contribution >= 4 is 33.0 Å². The van der Waals surface area contributed by atoms with E-state index < -0.39 is 0 Å². The summed E-state index contributed by atoms with van der Waals surface area (Å²) in [6.45, 7) is 7.68. The molecule has 1 N–H and O–H groups in total. The number of halogens is 1. The van der Waals surface area contributed by atoms with Crippen LogP contribution >= 0.6 is 22.9 Å². The molecule has 0 fully saturated rings. The Hall–Kier alpha value is -0.570. The molecule has 3 heteroatoms. The number of fused-ring (bicyclic) bond motifs is 1. The Morgan fingerprint density at radius 1 is 1.29 bits per heavy atom. The normalized spacial score (nSPS) is 12.3.